The molecule has 27 heavy (non-hydrogen) atoms. The fourth-order valence-corrected chi connectivity index (χ4v) is 2.52. The zero-order valence-electron chi connectivity index (χ0n) is 15.5. The lowest BCUT2D eigenvalue weighted by atomic mass is 9.96. The van der Waals surface area contributed by atoms with Crippen molar-refractivity contribution >= 4 is 17.6 Å². The van der Waals surface area contributed by atoms with Crippen LogP contribution in [-0.2, 0) is 9.47 Å². The topological polar surface area (TPSA) is 108 Å². The maximum Gasteiger partial charge on any atom is 0.359 e. The highest BCUT2D eigenvalue weighted by molar-refractivity contribution is 6.06. The number of benzene rings is 1. The van der Waals surface area contributed by atoms with Crippen LogP contribution in [0.25, 0.3) is 11.1 Å². The van der Waals surface area contributed by atoms with Gasteiger partial charge in [-0.3, -0.25) is 0 Å². The van der Waals surface area contributed by atoms with Crippen LogP contribution in [0.5, 0.6) is 0 Å². The number of aromatic nitrogens is 2. The molecule has 0 aliphatic heterocycles. The Labute approximate surface area is 156 Å². The fourth-order valence-electron chi connectivity index (χ4n) is 2.52. The summed E-state index contributed by atoms with van der Waals surface area (Å²) < 4.78 is 10.3. The molecule has 142 valence electrons. The monoisotopic (exact) mass is 371 g/mol. The summed E-state index contributed by atoms with van der Waals surface area (Å²) in [5.74, 6) is -1.39. The summed E-state index contributed by atoms with van der Waals surface area (Å²) >= 11 is 0. The van der Waals surface area contributed by atoms with Gasteiger partial charge >= 0.3 is 11.9 Å². The van der Waals surface area contributed by atoms with Gasteiger partial charge in [0.25, 0.3) is 0 Å². The summed E-state index contributed by atoms with van der Waals surface area (Å²) in [6.07, 6.45) is 1.57. The van der Waals surface area contributed by atoms with E-state index < -0.39 is 11.9 Å². The van der Waals surface area contributed by atoms with Crippen molar-refractivity contribution in [1.29, 1.82) is 0 Å². The van der Waals surface area contributed by atoms with E-state index in [4.69, 9.17) is 9.47 Å². The molecule has 0 aliphatic rings. The summed E-state index contributed by atoms with van der Waals surface area (Å²) in [5, 5.41) is 10.8. The Kier molecular flexibility index (Phi) is 7.10. The average molecular weight is 371 g/mol. The standard InChI is InChI=1S/C19H21N3O5/c1-4-6-11-27-18(23)15-12(3)20-21-17(19(24)26-5-2)16(15)13-9-7-8-10-14(13)22-25/h7-10H,4-6,11H2,1-3H3. The van der Waals surface area contributed by atoms with Crippen LogP contribution in [0.2, 0.25) is 0 Å². The number of esters is 2. The van der Waals surface area contributed by atoms with E-state index in [0.717, 1.165) is 6.42 Å². The first-order valence-electron chi connectivity index (χ1n) is 8.69. The molecule has 8 nitrogen and oxygen atoms in total. The second-order valence-electron chi connectivity index (χ2n) is 5.70. The highest BCUT2D eigenvalue weighted by Gasteiger charge is 2.28. The third-order valence-electron chi connectivity index (χ3n) is 3.82. The van der Waals surface area contributed by atoms with Crippen molar-refractivity contribution in [2.24, 2.45) is 5.18 Å². The quantitative estimate of drug-likeness (QED) is 0.392. The summed E-state index contributed by atoms with van der Waals surface area (Å²) in [7, 11) is 0. The minimum Gasteiger partial charge on any atom is -0.462 e. The molecule has 0 N–H and O–H groups in total. The minimum absolute atomic E-state index is 0.0676. The Hall–Kier alpha value is -3.16. The molecule has 0 aliphatic carbocycles. The number of aryl methyl sites for hydroxylation is 1. The molecule has 0 radical (unpaired) electrons. The summed E-state index contributed by atoms with van der Waals surface area (Å²) in [6, 6.07) is 6.36. The van der Waals surface area contributed by atoms with E-state index in [0.29, 0.717) is 6.42 Å². The highest BCUT2D eigenvalue weighted by Crippen LogP contribution is 2.35. The molecule has 0 atom stereocenters. The maximum absolute atomic E-state index is 12.7. The number of hydrogen-bond donors (Lipinski definition) is 0. The largest absolute Gasteiger partial charge is 0.462 e. The molecule has 8 heteroatoms. The summed E-state index contributed by atoms with van der Waals surface area (Å²) in [5.41, 5.74) is 0.674. The number of rotatable bonds is 8. The van der Waals surface area contributed by atoms with Crippen LogP contribution in [0.1, 0.15) is 53.2 Å². The molecule has 0 bridgehead atoms. The van der Waals surface area contributed by atoms with Gasteiger partial charge in [0.05, 0.1) is 24.5 Å². The first kappa shape index (κ1) is 20.2. The van der Waals surface area contributed by atoms with Gasteiger partial charge in [0.15, 0.2) is 5.69 Å². The molecule has 1 aromatic heterocycles. The Bertz CT molecular complexity index is 851. The number of carbonyl (C=O) groups is 2. The molecule has 0 saturated heterocycles. The number of nitroso groups, excluding NO2 is 1. The lowest BCUT2D eigenvalue weighted by molar-refractivity contribution is 0.0498. The van der Waals surface area contributed by atoms with Crippen molar-refractivity contribution < 1.29 is 19.1 Å². The third kappa shape index (κ3) is 4.52. The summed E-state index contributed by atoms with van der Waals surface area (Å²) in [6.45, 7) is 5.57. The van der Waals surface area contributed by atoms with Crippen LogP contribution in [-0.4, -0.2) is 35.3 Å². The van der Waals surface area contributed by atoms with Crippen LogP contribution >= 0.6 is 0 Å². The molecule has 0 saturated carbocycles. The fraction of sp³-hybridized carbons (Fsp3) is 0.368. The van der Waals surface area contributed by atoms with Crippen molar-refractivity contribution in [2.75, 3.05) is 13.2 Å². The van der Waals surface area contributed by atoms with Crippen LogP contribution < -0.4 is 0 Å². The van der Waals surface area contributed by atoms with Crippen molar-refractivity contribution in [1.82, 2.24) is 10.2 Å². The SMILES string of the molecule is CCCCOC(=O)c1c(C)nnc(C(=O)OCC)c1-c1ccccc1N=O. The molecular formula is C19H21N3O5. The Morgan fingerprint density at radius 3 is 2.48 bits per heavy atom. The second kappa shape index (κ2) is 9.51. The van der Waals surface area contributed by atoms with Gasteiger partial charge in [0, 0.05) is 11.1 Å². The van der Waals surface area contributed by atoms with E-state index >= 15 is 0 Å². The van der Waals surface area contributed by atoms with Crippen LogP contribution in [0.3, 0.4) is 0 Å². The smallest absolute Gasteiger partial charge is 0.359 e. The predicted octanol–water partition coefficient (Wildman–Crippen LogP) is 3.98. The number of nitrogens with zero attached hydrogens (tertiary/aromatic N) is 3. The Morgan fingerprint density at radius 1 is 1.07 bits per heavy atom. The predicted molar refractivity (Wildman–Crippen MR) is 98.8 cm³/mol. The molecule has 0 unspecified atom stereocenters. The second-order valence-corrected chi connectivity index (χ2v) is 5.70. The van der Waals surface area contributed by atoms with Gasteiger partial charge in [0.1, 0.15) is 5.69 Å². The minimum atomic E-state index is -0.747. The molecular weight excluding hydrogens is 350 g/mol. The lowest BCUT2D eigenvalue weighted by Crippen LogP contribution is -2.18. The molecule has 0 spiro atoms. The van der Waals surface area contributed by atoms with Gasteiger partial charge in [-0.15, -0.1) is 10.0 Å². The number of unbranched alkanes of at least 4 members (excludes halogenated alkanes) is 1. The first-order valence-corrected chi connectivity index (χ1v) is 8.69. The Morgan fingerprint density at radius 2 is 1.81 bits per heavy atom. The molecule has 0 amide bonds. The summed E-state index contributed by atoms with van der Waals surface area (Å²) in [4.78, 5) is 36.4. The number of carbonyl (C=O) groups excluding carboxylic acids is 2. The molecule has 1 heterocycles. The van der Waals surface area contributed by atoms with E-state index in [1.54, 1.807) is 32.0 Å². The van der Waals surface area contributed by atoms with Gasteiger partial charge in [-0.25, -0.2) is 9.59 Å². The van der Waals surface area contributed by atoms with Crippen LogP contribution in [0.15, 0.2) is 29.4 Å². The first-order chi connectivity index (χ1) is 13.0. The van der Waals surface area contributed by atoms with Gasteiger partial charge in [0.2, 0.25) is 0 Å². The van der Waals surface area contributed by atoms with E-state index in [1.165, 1.54) is 6.07 Å². The van der Waals surface area contributed by atoms with E-state index in [-0.39, 0.29) is 47.0 Å². The average Bonchev–Trinajstić information content (AvgIpc) is 2.67. The number of hydrogen-bond acceptors (Lipinski definition) is 8. The molecule has 2 rings (SSSR count). The van der Waals surface area contributed by atoms with Gasteiger partial charge in [-0.05, 0) is 31.5 Å². The highest BCUT2D eigenvalue weighted by atomic mass is 16.5. The van der Waals surface area contributed by atoms with Crippen molar-refractivity contribution in [3.8, 4) is 11.1 Å². The Balaban J connectivity index is 2.71. The third-order valence-corrected chi connectivity index (χ3v) is 3.82. The van der Waals surface area contributed by atoms with Crippen LogP contribution in [0, 0.1) is 11.8 Å². The van der Waals surface area contributed by atoms with Crippen molar-refractivity contribution in [2.45, 2.75) is 33.6 Å². The van der Waals surface area contributed by atoms with E-state index in [1.807, 2.05) is 6.92 Å². The molecule has 2 aromatic rings. The number of ether oxygens (including phenoxy) is 2. The van der Waals surface area contributed by atoms with Crippen LogP contribution in [0.4, 0.5) is 5.69 Å². The van der Waals surface area contributed by atoms with Crippen molar-refractivity contribution in [3.63, 3.8) is 0 Å². The normalized spacial score (nSPS) is 10.3. The van der Waals surface area contributed by atoms with Gasteiger partial charge in [-0.2, -0.15) is 5.10 Å². The van der Waals surface area contributed by atoms with Crippen molar-refractivity contribution in [3.05, 3.63) is 46.1 Å². The molecule has 0 fully saturated rings. The van der Waals surface area contributed by atoms with Gasteiger partial charge < -0.3 is 9.47 Å². The van der Waals surface area contributed by atoms with E-state index in [9.17, 15) is 14.5 Å². The zero-order chi connectivity index (χ0) is 19.8. The van der Waals surface area contributed by atoms with Gasteiger partial charge in [-0.1, -0.05) is 31.5 Å². The maximum atomic E-state index is 12.7. The zero-order valence-corrected chi connectivity index (χ0v) is 15.5. The molecule has 1 aromatic carbocycles. The van der Waals surface area contributed by atoms with E-state index in [2.05, 4.69) is 15.4 Å². The lowest BCUT2D eigenvalue weighted by Gasteiger charge is -2.15.